The zero-order chi connectivity index (χ0) is 21.3. The molecular weight excluding hydrogens is 393 g/mol. The van der Waals surface area contributed by atoms with Crippen LogP contribution in [0.15, 0.2) is 66.7 Å². The van der Waals surface area contributed by atoms with E-state index >= 15 is 0 Å². The lowest BCUT2D eigenvalue weighted by Gasteiger charge is -2.13. The molecule has 0 radical (unpaired) electrons. The molecule has 3 N–H and O–H groups in total. The number of hydrogen-bond donors (Lipinski definition) is 2. The molecule has 0 unspecified atom stereocenters. The van der Waals surface area contributed by atoms with E-state index in [4.69, 9.17) is 10.5 Å². The fourth-order valence-electron chi connectivity index (χ4n) is 3.04. The molecule has 4 aromatic rings. The molecule has 5 nitrogen and oxygen atoms in total. The first-order chi connectivity index (χ1) is 14.3. The van der Waals surface area contributed by atoms with Gasteiger partial charge in [0.05, 0.1) is 18.2 Å². The van der Waals surface area contributed by atoms with E-state index in [0.29, 0.717) is 33.8 Å². The van der Waals surface area contributed by atoms with Crippen molar-refractivity contribution in [1.82, 2.24) is 9.97 Å². The second kappa shape index (κ2) is 7.55. The molecule has 0 atom stereocenters. The fraction of sp³-hybridized carbons (Fsp3) is 0.0909. The maximum Gasteiger partial charge on any atom is 0.416 e. The maximum atomic E-state index is 13.1. The third-order valence-corrected chi connectivity index (χ3v) is 4.50. The van der Waals surface area contributed by atoms with Crippen LogP contribution < -0.4 is 15.8 Å². The molecule has 1 heterocycles. The number of anilines is 3. The number of nitrogens with two attached hydrogens (primary N) is 1. The summed E-state index contributed by atoms with van der Waals surface area (Å²) >= 11 is 0. The van der Waals surface area contributed by atoms with Crippen LogP contribution in [-0.2, 0) is 6.18 Å². The summed E-state index contributed by atoms with van der Waals surface area (Å²) in [6, 6.07) is 17.3. The molecular formula is C22H17F3N4O. The van der Waals surface area contributed by atoms with Crippen LogP contribution in [0.25, 0.3) is 22.3 Å². The van der Waals surface area contributed by atoms with Crippen molar-refractivity contribution >= 4 is 28.1 Å². The third-order valence-electron chi connectivity index (χ3n) is 4.50. The summed E-state index contributed by atoms with van der Waals surface area (Å²) in [5, 5.41) is 3.84. The van der Waals surface area contributed by atoms with Crippen LogP contribution in [0.1, 0.15) is 5.56 Å². The van der Waals surface area contributed by atoms with Gasteiger partial charge >= 0.3 is 6.18 Å². The van der Waals surface area contributed by atoms with Gasteiger partial charge in [-0.3, -0.25) is 0 Å². The topological polar surface area (TPSA) is 73.1 Å². The van der Waals surface area contributed by atoms with Crippen molar-refractivity contribution in [2.75, 3.05) is 18.2 Å². The van der Waals surface area contributed by atoms with Crippen molar-refractivity contribution in [2.24, 2.45) is 0 Å². The Hall–Kier alpha value is -3.81. The van der Waals surface area contributed by atoms with Crippen LogP contribution in [-0.4, -0.2) is 17.1 Å². The standard InChI is InChI=1S/C22H17F3N4O/c1-30-17-7-3-6-16(12-17)27-21-18-11-15(26)8-9-19(18)28-20(29-21)13-4-2-5-14(10-13)22(23,24)25/h2-12H,26H2,1H3,(H,27,28,29). The van der Waals surface area contributed by atoms with Gasteiger partial charge in [0.2, 0.25) is 0 Å². The number of aromatic nitrogens is 2. The molecule has 0 saturated carbocycles. The molecule has 0 aliphatic heterocycles. The highest BCUT2D eigenvalue weighted by molar-refractivity contribution is 5.94. The Labute approximate surface area is 170 Å². The van der Waals surface area contributed by atoms with Gasteiger partial charge in [-0.1, -0.05) is 18.2 Å². The molecule has 30 heavy (non-hydrogen) atoms. The van der Waals surface area contributed by atoms with E-state index in [1.807, 2.05) is 12.1 Å². The van der Waals surface area contributed by atoms with Crippen molar-refractivity contribution in [1.29, 1.82) is 0 Å². The van der Waals surface area contributed by atoms with Crippen molar-refractivity contribution in [3.63, 3.8) is 0 Å². The van der Waals surface area contributed by atoms with E-state index < -0.39 is 11.7 Å². The largest absolute Gasteiger partial charge is 0.497 e. The Kier molecular flexibility index (Phi) is 4.91. The molecule has 0 saturated heterocycles. The number of nitrogens with zero attached hydrogens (tertiary/aromatic N) is 2. The molecule has 3 aromatic carbocycles. The molecule has 1 aromatic heterocycles. The van der Waals surface area contributed by atoms with E-state index in [-0.39, 0.29) is 11.4 Å². The Balaban J connectivity index is 1.86. The SMILES string of the molecule is COc1cccc(Nc2nc(-c3cccc(C(F)(F)F)c3)nc3ccc(N)cc23)c1. The Morgan fingerprint density at radius 2 is 1.73 bits per heavy atom. The Morgan fingerprint density at radius 3 is 2.50 bits per heavy atom. The number of ether oxygens (including phenoxy) is 1. The summed E-state index contributed by atoms with van der Waals surface area (Å²) in [6.07, 6.45) is -4.46. The first kappa shape index (κ1) is 19.5. The molecule has 152 valence electrons. The summed E-state index contributed by atoms with van der Waals surface area (Å²) in [7, 11) is 1.56. The lowest BCUT2D eigenvalue weighted by atomic mass is 10.1. The number of nitrogen functional groups attached to an aromatic ring is 1. The first-order valence-electron chi connectivity index (χ1n) is 8.99. The number of benzene rings is 3. The highest BCUT2D eigenvalue weighted by Gasteiger charge is 2.30. The molecule has 0 fully saturated rings. The van der Waals surface area contributed by atoms with Crippen molar-refractivity contribution in [3.8, 4) is 17.1 Å². The lowest BCUT2D eigenvalue weighted by molar-refractivity contribution is -0.137. The number of alkyl halides is 3. The number of nitrogens with one attached hydrogen (secondary N) is 1. The zero-order valence-electron chi connectivity index (χ0n) is 15.9. The summed E-state index contributed by atoms with van der Waals surface area (Å²) in [5.74, 6) is 1.24. The predicted molar refractivity (Wildman–Crippen MR) is 111 cm³/mol. The maximum absolute atomic E-state index is 13.1. The highest BCUT2D eigenvalue weighted by Crippen LogP contribution is 2.33. The normalized spacial score (nSPS) is 11.5. The van der Waals surface area contributed by atoms with Crippen LogP contribution in [0.4, 0.5) is 30.4 Å². The summed E-state index contributed by atoms with van der Waals surface area (Å²) in [5.41, 5.74) is 7.19. The van der Waals surface area contributed by atoms with Crippen LogP contribution in [0.5, 0.6) is 5.75 Å². The van der Waals surface area contributed by atoms with E-state index in [1.165, 1.54) is 6.07 Å². The average molecular weight is 410 g/mol. The third kappa shape index (κ3) is 3.98. The van der Waals surface area contributed by atoms with E-state index in [2.05, 4.69) is 15.3 Å². The van der Waals surface area contributed by atoms with Gasteiger partial charge in [0.1, 0.15) is 11.6 Å². The molecule has 0 aliphatic carbocycles. The summed E-state index contributed by atoms with van der Waals surface area (Å²) in [4.78, 5) is 8.95. The molecule has 4 rings (SSSR count). The van der Waals surface area contributed by atoms with Crippen LogP contribution in [0, 0.1) is 0 Å². The van der Waals surface area contributed by atoms with Gasteiger partial charge in [-0.15, -0.1) is 0 Å². The molecule has 0 aliphatic rings. The zero-order valence-corrected chi connectivity index (χ0v) is 15.9. The second-order valence-corrected chi connectivity index (χ2v) is 6.61. The minimum Gasteiger partial charge on any atom is -0.497 e. The summed E-state index contributed by atoms with van der Waals surface area (Å²) < 4.78 is 44.7. The van der Waals surface area contributed by atoms with Crippen LogP contribution in [0.2, 0.25) is 0 Å². The van der Waals surface area contributed by atoms with Gasteiger partial charge in [0.25, 0.3) is 0 Å². The number of fused-ring (bicyclic) bond motifs is 1. The number of rotatable bonds is 4. The van der Waals surface area contributed by atoms with Gasteiger partial charge < -0.3 is 15.8 Å². The molecule has 8 heteroatoms. The Morgan fingerprint density at radius 1 is 0.933 bits per heavy atom. The van der Waals surface area contributed by atoms with Crippen LogP contribution >= 0.6 is 0 Å². The molecule has 0 amide bonds. The fourth-order valence-corrected chi connectivity index (χ4v) is 3.04. The minimum atomic E-state index is -4.46. The second-order valence-electron chi connectivity index (χ2n) is 6.61. The van der Waals surface area contributed by atoms with Crippen LogP contribution in [0.3, 0.4) is 0 Å². The lowest BCUT2D eigenvalue weighted by Crippen LogP contribution is -2.05. The minimum absolute atomic E-state index is 0.170. The number of methoxy groups -OCH3 is 1. The predicted octanol–water partition coefficient (Wildman–Crippen LogP) is 5.65. The monoisotopic (exact) mass is 410 g/mol. The summed E-state index contributed by atoms with van der Waals surface area (Å²) in [6.45, 7) is 0. The number of hydrogen-bond acceptors (Lipinski definition) is 5. The quantitative estimate of drug-likeness (QED) is 0.425. The molecule has 0 spiro atoms. The van der Waals surface area contributed by atoms with Crippen molar-refractivity contribution in [2.45, 2.75) is 6.18 Å². The number of halogens is 3. The average Bonchev–Trinajstić information content (AvgIpc) is 2.73. The van der Waals surface area contributed by atoms with E-state index in [1.54, 1.807) is 43.5 Å². The van der Waals surface area contributed by atoms with E-state index in [0.717, 1.165) is 12.1 Å². The first-order valence-corrected chi connectivity index (χ1v) is 8.99. The Bertz CT molecular complexity index is 1220. The van der Waals surface area contributed by atoms with Gasteiger partial charge in [-0.25, -0.2) is 9.97 Å². The van der Waals surface area contributed by atoms with Gasteiger partial charge in [-0.05, 0) is 42.5 Å². The van der Waals surface area contributed by atoms with E-state index in [9.17, 15) is 13.2 Å². The molecule has 0 bridgehead atoms. The van der Waals surface area contributed by atoms with Crippen molar-refractivity contribution in [3.05, 3.63) is 72.3 Å². The highest BCUT2D eigenvalue weighted by atomic mass is 19.4. The van der Waals surface area contributed by atoms with Gasteiger partial charge in [0, 0.05) is 28.4 Å². The van der Waals surface area contributed by atoms with Gasteiger partial charge in [0.15, 0.2) is 5.82 Å². The smallest absolute Gasteiger partial charge is 0.416 e. The van der Waals surface area contributed by atoms with Gasteiger partial charge in [-0.2, -0.15) is 13.2 Å². The van der Waals surface area contributed by atoms with Crippen molar-refractivity contribution < 1.29 is 17.9 Å².